The van der Waals surface area contributed by atoms with E-state index in [2.05, 4.69) is 6.92 Å². The van der Waals surface area contributed by atoms with Gasteiger partial charge in [-0.05, 0) is 6.42 Å². The summed E-state index contributed by atoms with van der Waals surface area (Å²) < 4.78 is 0. The molecule has 40 valence electrons. The molecule has 0 aromatic rings. The first-order valence-corrected chi connectivity index (χ1v) is 2.51. The third-order valence-electron chi connectivity index (χ3n) is 0.487. The van der Waals surface area contributed by atoms with E-state index in [1.54, 1.807) is 0 Å². The number of rotatable bonds is 2. The van der Waals surface area contributed by atoms with Gasteiger partial charge in [-0.2, -0.15) is 0 Å². The Bertz CT molecular complexity index is 19.2. The van der Waals surface area contributed by atoms with Crippen LogP contribution in [0, 0.1) is 0 Å². The van der Waals surface area contributed by atoms with Crippen molar-refractivity contribution in [2.45, 2.75) is 19.8 Å². The minimum absolute atomic E-state index is 0. The Morgan fingerprint density at radius 1 is 1.43 bits per heavy atom. The third kappa shape index (κ3) is 18.6. The first-order chi connectivity index (χ1) is 2.41. The normalized spacial score (nSPS) is 6.00. The van der Waals surface area contributed by atoms with E-state index in [4.69, 9.17) is 11.6 Å². The Balaban J connectivity index is -0.0000000800. The molecule has 0 rings (SSSR count). The van der Waals surface area contributed by atoms with Gasteiger partial charge in [-0.15, -0.1) is 11.6 Å². The summed E-state index contributed by atoms with van der Waals surface area (Å²) in [7, 11) is 0. The van der Waals surface area contributed by atoms with Crippen LogP contribution in [0.15, 0.2) is 0 Å². The van der Waals surface area contributed by atoms with Gasteiger partial charge in [-0.3, -0.25) is 0 Å². The molecule has 0 aromatic carbocycles. The summed E-state index contributed by atoms with van der Waals surface area (Å²) in [4.78, 5) is 0. The van der Waals surface area contributed by atoms with Crippen LogP contribution in [0.4, 0.5) is 0 Å². The average Bonchev–Trinajstić information content (AvgIpc) is 1.41. The number of alkyl halides is 1. The molecule has 0 fully saturated rings. The van der Waals surface area contributed by atoms with Gasteiger partial charge in [0.1, 0.15) is 0 Å². The molecule has 0 heterocycles. The van der Waals surface area contributed by atoms with Crippen molar-refractivity contribution < 1.29 is 0 Å². The van der Waals surface area contributed by atoms with Crippen LogP contribution in [0.3, 0.4) is 0 Å². The number of hydrogen-bond donors (Lipinski definition) is 0. The second-order valence-electron chi connectivity index (χ2n) is 1.04. The van der Waals surface area contributed by atoms with Crippen LogP contribution >= 0.6 is 11.6 Å². The Morgan fingerprint density at radius 3 is 1.86 bits per heavy atom. The van der Waals surface area contributed by atoms with Crippen LogP contribution in [-0.2, 0) is 0 Å². The van der Waals surface area contributed by atoms with Crippen LogP contribution in [0.5, 0.6) is 0 Å². The summed E-state index contributed by atoms with van der Waals surface area (Å²) in [6.07, 6.45) is 2.37. The molecule has 0 aliphatic carbocycles. The van der Waals surface area contributed by atoms with Crippen molar-refractivity contribution in [3.8, 4) is 0 Å². The summed E-state index contributed by atoms with van der Waals surface area (Å²) in [6.45, 7) is 2.13. The van der Waals surface area contributed by atoms with Gasteiger partial charge < -0.3 is 0 Å². The predicted octanol–water partition coefficient (Wildman–Crippen LogP) is 0.193. The van der Waals surface area contributed by atoms with Gasteiger partial charge in [-0.1, -0.05) is 13.3 Å². The van der Waals surface area contributed by atoms with E-state index < -0.39 is 0 Å². The van der Waals surface area contributed by atoms with Gasteiger partial charge in [-0.25, -0.2) is 0 Å². The summed E-state index contributed by atoms with van der Waals surface area (Å²) >= 11 is 5.30. The zero-order chi connectivity index (χ0) is 4.12. The van der Waals surface area contributed by atoms with E-state index in [1.807, 2.05) is 0 Å². The van der Waals surface area contributed by atoms with Gasteiger partial charge >= 0.3 is 18.9 Å². The fourth-order valence-corrected chi connectivity index (χ4v) is 0.401. The quantitative estimate of drug-likeness (QED) is 0.370. The molecule has 0 spiro atoms. The number of halogens is 1. The molecule has 0 radical (unpaired) electrons. The number of unbranched alkanes of at least 4 members (excludes halogenated alkanes) is 1. The molecular weight excluding hydrogens is 117 g/mol. The summed E-state index contributed by atoms with van der Waals surface area (Å²) in [6, 6.07) is 0. The zero-order valence-corrected chi connectivity index (χ0v) is 4.26. The molecule has 7 heavy (non-hydrogen) atoms. The molecular formula is C4H13AlClLi. The Hall–Kier alpha value is 1.42. The number of hydrogen-bond acceptors (Lipinski definition) is 0. The fourth-order valence-electron chi connectivity index (χ4n) is 0.134. The van der Waals surface area contributed by atoms with E-state index in [-0.39, 0.29) is 36.2 Å². The van der Waals surface area contributed by atoms with Crippen molar-refractivity contribution in [3.05, 3.63) is 0 Å². The van der Waals surface area contributed by atoms with Crippen LogP contribution in [0.1, 0.15) is 19.8 Å². The van der Waals surface area contributed by atoms with E-state index >= 15 is 0 Å². The molecule has 3 heteroatoms. The molecule has 0 atom stereocenters. The molecule has 0 bridgehead atoms. The van der Waals surface area contributed by atoms with Crippen molar-refractivity contribution in [1.29, 1.82) is 0 Å². The molecule has 0 saturated carbocycles. The van der Waals surface area contributed by atoms with Gasteiger partial charge in [0.25, 0.3) is 0 Å². The maximum absolute atomic E-state index is 5.30. The summed E-state index contributed by atoms with van der Waals surface area (Å²) in [5, 5.41) is 0. The molecule has 0 N–H and O–H groups in total. The van der Waals surface area contributed by atoms with Crippen LogP contribution in [0.2, 0.25) is 0 Å². The van der Waals surface area contributed by atoms with Gasteiger partial charge in [0.05, 0.1) is 0 Å². The Labute approximate surface area is 73.3 Å². The van der Waals surface area contributed by atoms with Gasteiger partial charge in [0.15, 0.2) is 17.4 Å². The van der Waals surface area contributed by atoms with Crippen molar-refractivity contribution in [1.82, 2.24) is 0 Å². The van der Waals surface area contributed by atoms with Crippen molar-refractivity contribution in [3.63, 3.8) is 0 Å². The van der Waals surface area contributed by atoms with E-state index in [0.29, 0.717) is 0 Å². The zero-order valence-electron chi connectivity index (χ0n) is 3.50. The Kier molecular flexibility index (Phi) is 35.3. The standard InChI is InChI=1S/C4H9Cl.Al.Li.4H/c1-2-3-4-5;;;;;;/h2-4H2,1H3;;;;;;. The predicted molar refractivity (Wildman–Crippen MR) is 42.7 cm³/mol. The molecule has 0 nitrogen and oxygen atoms in total. The van der Waals surface area contributed by atoms with Crippen molar-refractivity contribution in [2.75, 3.05) is 5.88 Å². The first-order valence-electron chi connectivity index (χ1n) is 1.97. The van der Waals surface area contributed by atoms with Gasteiger partial charge in [0.2, 0.25) is 0 Å². The molecule has 0 unspecified atom stereocenters. The first kappa shape index (κ1) is 15.8. The van der Waals surface area contributed by atoms with Gasteiger partial charge in [0, 0.05) is 5.88 Å². The summed E-state index contributed by atoms with van der Waals surface area (Å²) in [5.74, 6) is 0.816. The summed E-state index contributed by atoms with van der Waals surface area (Å²) in [5.41, 5.74) is 0. The van der Waals surface area contributed by atoms with Crippen molar-refractivity contribution in [2.24, 2.45) is 0 Å². The average molecular weight is 131 g/mol. The van der Waals surface area contributed by atoms with Crippen molar-refractivity contribution >= 4 is 47.8 Å². The molecule has 0 aliphatic heterocycles. The molecule has 0 aromatic heterocycles. The van der Waals surface area contributed by atoms with Crippen LogP contribution in [-0.4, -0.2) is 42.1 Å². The fraction of sp³-hybridized carbons (Fsp3) is 1.00. The molecule has 0 saturated heterocycles. The molecule has 0 amide bonds. The monoisotopic (exact) mass is 130 g/mol. The van der Waals surface area contributed by atoms with E-state index in [1.165, 1.54) is 6.42 Å². The van der Waals surface area contributed by atoms with Crippen LogP contribution in [0.25, 0.3) is 0 Å². The van der Waals surface area contributed by atoms with E-state index in [0.717, 1.165) is 12.3 Å². The minimum atomic E-state index is 0. The topological polar surface area (TPSA) is 0 Å². The van der Waals surface area contributed by atoms with Crippen LogP contribution < -0.4 is 0 Å². The Morgan fingerprint density at radius 2 is 1.86 bits per heavy atom. The second-order valence-corrected chi connectivity index (χ2v) is 1.42. The molecule has 0 aliphatic rings. The second kappa shape index (κ2) is 15.7. The SMILES string of the molecule is CCCCCl.[AlH3].[LiH]. The third-order valence-corrected chi connectivity index (χ3v) is 0.754. The maximum atomic E-state index is 5.30. The van der Waals surface area contributed by atoms with E-state index in [9.17, 15) is 0 Å².